The Hall–Kier alpha value is -0.620. The molecule has 0 amide bonds. The molecular formula is C10H13BrN2O2S. The maximum absolute atomic E-state index is 12.1. The third-order valence-electron chi connectivity index (χ3n) is 2.22. The van der Waals surface area contributed by atoms with Crippen LogP contribution in [0.5, 0.6) is 5.88 Å². The Bertz CT molecular complexity index is 425. The quantitative estimate of drug-likeness (QED) is 0.840. The molecule has 4 nitrogen and oxygen atoms in total. The van der Waals surface area contributed by atoms with Gasteiger partial charge in [-0.05, 0) is 35.8 Å². The van der Waals surface area contributed by atoms with Crippen molar-refractivity contribution in [2.75, 3.05) is 17.5 Å². The average Bonchev–Trinajstić information content (AvgIpc) is 2.27. The van der Waals surface area contributed by atoms with Crippen LogP contribution in [0.15, 0.2) is 16.7 Å². The number of hydrogen-bond acceptors (Lipinski definition) is 3. The molecular weight excluding hydrogens is 292 g/mol. The average molecular weight is 305 g/mol. The summed E-state index contributed by atoms with van der Waals surface area (Å²) in [6.45, 7) is 5.04. The first-order chi connectivity index (χ1) is 7.59. The van der Waals surface area contributed by atoms with Crippen molar-refractivity contribution >= 4 is 32.6 Å². The van der Waals surface area contributed by atoms with Gasteiger partial charge >= 0.3 is 0 Å². The Morgan fingerprint density at radius 3 is 3.06 bits per heavy atom. The van der Waals surface area contributed by atoms with Gasteiger partial charge in [0.2, 0.25) is 5.88 Å². The Morgan fingerprint density at radius 1 is 1.62 bits per heavy atom. The van der Waals surface area contributed by atoms with Crippen molar-refractivity contribution < 1.29 is 8.95 Å². The summed E-state index contributed by atoms with van der Waals surface area (Å²) >= 11 is 3.36. The number of anilines is 1. The van der Waals surface area contributed by atoms with Crippen molar-refractivity contribution in [3.05, 3.63) is 16.7 Å². The van der Waals surface area contributed by atoms with Gasteiger partial charge in [-0.3, -0.25) is 4.31 Å². The van der Waals surface area contributed by atoms with Crippen molar-refractivity contribution in [2.45, 2.75) is 19.1 Å². The smallest absolute Gasteiger partial charge is 0.238 e. The number of nitrogens with zero attached hydrogens (tertiary/aromatic N) is 2. The van der Waals surface area contributed by atoms with Gasteiger partial charge in [-0.1, -0.05) is 0 Å². The third kappa shape index (κ3) is 2.22. The molecule has 2 rings (SSSR count). The van der Waals surface area contributed by atoms with E-state index in [0.717, 1.165) is 10.2 Å². The number of rotatable bonds is 2. The van der Waals surface area contributed by atoms with Gasteiger partial charge in [0.05, 0.1) is 6.54 Å². The van der Waals surface area contributed by atoms with E-state index in [-0.39, 0.29) is 5.25 Å². The highest BCUT2D eigenvalue weighted by Crippen LogP contribution is 2.33. The molecule has 1 atom stereocenters. The molecule has 0 N–H and O–H groups in total. The SMILES string of the molecule is CC(C)S(=O)N1CCOc2ncc(Br)cc21. The van der Waals surface area contributed by atoms with Crippen LogP contribution in [0.4, 0.5) is 5.69 Å². The first-order valence-corrected chi connectivity index (χ1v) is 7.02. The minimum atomic E-state index is -1.04. The zero-order valence-electron chi connectivity index (χ0n) is 9.14. The second kappa shape index (κ2) is 4.71. The predicted molar refractivity (Wildman–Crippen MR) is 68.1 cm³/mol. The number of ether oxygens (including phenoxy) is 1. The van der Waals surface area contributed by atoms with E-state index in [1.165, 1.54) is 0 Å². The molecule has 1 aliphatic heterocycles. The summed E-state index contributed by atoms with van der Waals surface area (Å²) in [6.07, 6.45) is 1.68. The molecule has 1 aliphatic rings. The van der Waals surface area contributed by atoms with Crippen molar-refractivity contribution in [3.63, 3.8) is 0 Å². The van der Waals surface area contributed by atoms with Crippen LogP contribution in [-0.2, 0) is 11.0 Å². The van der Waals surface area contributed by atoms with Crippen molar-refractivity contribution in [3.8, 4) is 5.88 Å². The first-order valence-electron chi connectivity index (χ1n) is 5.06. The fraction of sp³-hybridized carbons (Fsp3) is 0.500. The Labute approximate surface area is 106 Å². The Balaban J connectivity index is 2.39. The second-order valence-corrected chi connectivity index (χ2v) is 6.60. The van der Waals surface area contributed by atoms with Crippen LogP contribution in [0.25, 0.3) is 0 Å². The predicted octanol–water partition coefficient (Wildman–Crippen LogP) is 2.12. The Kier molecular flexibility index (Phi) is 3.49. The van der Waals surface area contributed by atoms with Gasteiger partial charge in [-0.15, -0.1) is 0 Å². The normalized spacial score (nSPS) is 16.9. The molecule has 0 saturated carbocycles. The molecule has 88 valence electrons. The molecule has 0 aromatic carbocycles. The lowest BCUT2D eigenvalue weighted by molar-refractivity contribution is 0.304. The lowest BCUT2D eigenvalue weighted by atomic mass is 10.3. The van der Waals surface area contributed by atoms with Gasteiger partial charge < -0.3 is 4.74 Å². The highest BCUT2D eigenvalue weighted by Gasteiger charge is 2.25. The summed E-state index contributed by atoms with van der Waals surface area (Å²) in [5.74, 6) is 0.559. The summed E-state index contributed by atoms with van der Waals surface area (Å²) < 4.78 is 20.3. The molecule has 0 aliphatic carbocycles. The van der Waals surface area contributed by atoms with Crippen LogP contribution < -0.4 is 9.04 Å². The van der Waals surface area contributed by atoms with E-state index in [0.29, 0.717) is 19.0 Å². The molecule has 0 fully saturated rings. The van der Waals surface area contributed by atoms with E-state index in [9.17, 15) is 4.21 Å². The van der Waals surface area contributed by atoms with Crippen molar-refractivity contribution in [1.82, 2.24) is 4.98 Å². The summed E-state index contributed by atoms with van der Waals surface area (Å²) in [5.41, 5.74) is 0.799. The highest BCUT2D eigenvalue weighted by molar-refractivity contribution is 9.10. The van der Waals surface area contributed by atoms with Crippen LogP contribution >= 0.6 is 15.9 Å². The molecule has 1 unspecified atom stereocenters. The van der Waals surface area contributed by atoms with Gasteiger partial charge in [0.15, 0.2) is 0 Å². The minimum Gasteiger partial charge on any atom is -0.474 e. The summed E-state index contributed by atoms with van der Waals surface area (Å²) in [6, 6.07) is 1.89. The maximum atomic E-state index is 12.1. The van der Waals surface area contributed by atoms with Gasteiger partial charge in [-0.2, -0.15) is 0 Å². The fourth-order valence-electron chi connectivity index (χ4n) is 1.49. The van der Waals surface area contributed by atoms with Crippen LogP contribution in [0.2, 0.25) is 0 Å². The number of aromatic nitrogens is 1. The van der Waals surface area contributed by atoms with E-state index < -0.39 is 11.0 Å². The minimum absolute atomic E-state index is 0.0879. The lowest BCUT2D eigenvalue weighted by Gasteiger charge is -2.30. The maximum Gasteiger partial charge on any atom is 0.238 e. The van der Waals surface area contributed by atoms with Gasteiger partial charge in [0, 0.05) is 15.9 Å². The topological polar surface area (TPSA) is 42.4 Å². The summed E-state index contributed by atoms with van der Waals surface area (Å²) in [4.78, 5) is 4.17. The summed E-state index contributed by atoms with van der Waals surface area (Å²) in [5, 5.41) is 0.0879. The van der Waals surface area contributed by atoms with Crippen molar-refractivity contribution in [2.24, 2.45) is 0 Å². The monoisotopic (exact) mass is 304 g/mol. The van der Waals surface area contributed by atoms with Crippen LogP contribution in [-0.4, -0.2) is 27.6 Å². The number of halogens is 1. The van der Waals surface area contributed by atoms with Crippen LogP contribution in [0.3, 0.4) is 0 Å². The Morgan fingerprint density at radius 2 is 2.38 bits per heavy atom. The van der Waals surface area contributed by atoms with Crippen LogP contribution in [0, 0.1) is 0 Å². The van der Waals surface area contributed by atoms with Gasteiger partial charge in [0.25, 0.3) is 0 Å². The number of fused-ring (bicyclic) bond motifs is 1. The highest BCUT2D eigenvalue weighted by atomic mass is 79.9. The zero-order valence-corrected chi connectivity index (χ0v) is 11.5. The molecule has 6 heteroatoms. The standard InChI is InChI=1S/C10H13BrN2O2S/c1-7(2)16(14)13-3-4-15-10-9(13)5-8(11)6-12-10/h5-7H,3-4H2,1-2H3. The van der Waals surface area contributed by atoms with E-state index >= 15 is 0 Å². The molecule has 0 radical (unpaired) electrons. The third-order valence-corrected chi connectivity index (χ3v) is 4.28. The van der Waals surface area contributed by atoms with Gasteiger partial charge in [-0.25, -0.2) is 9.19 Å². The molecule has 0 spiro atoms. The first kappa shape index (κ1) is 11.9. The zero-order chi connectivity index (χ0) is 11.7. The van der Waals surface area contributed by atoms with Crippen LogP contribution in [0.1, 0.15) is 13.8 Å². The van der Waals surface area contributed by atoms with Gasteiger partial charge in [0.1, 0.15) is 23.3 Å². The van der Waals surface area contributed by atoms with Crippen molar-refractivity contribution in [1.29, 1.82) is 0 Å². The number of hydrogen-bond donors (Lipinski definition) is 0. The molecule has 0 bridgehead atoms. The van der Waals surface area contributed by atoms with E-state index in [1.807, 2.05) is 24.2 Å². The number of pyridine rings is 1. The molecule has 1 aromatic rings. The van der Waals surface area contributed by atoms with E-state index in [1.54, 1.807) is 6.20 Å². The molecule has 0 saturated heterocycles. The lowest BCUT2D eigenvalue weighted by Crippen LogP contribution is -2.37. The largest absolute Gasteiger partial charge is 0.474 e. The molecule has 16 heavy (non-hydrogen) atoms. The van der Waals surface area contributed by atoms with E-state index in [2.05, 4.69) is 20.9 Å². The second-order valence-electron chi connectivity index (χ2n) is 3.75. The van der Waals surface area contributed by atoms with E-state index in [4.69, 9.17) is 4.74 Å². The fourth-order valence-corrected chi connectivity index (χ4v) is 2.90. The molecule has 1 aromatic heterocycles. The summed E-state index contributed by atoms with van der Waals surface area (Å²) in [7, 11) is -1.04. The molecule has 2 heterocycles.